The lowest BCUT2D eigenvalue weighted by atomic mass is 9.80. The van der Waals surface area contributed by atoms with Crippen LogP contribution in [-0.2, 0) is 14.2 Å². The summed E-state index contributed by atoms with van der Waals surface area (Å²) in [6.07, 6.45) is 5.66. The van der Waals surface area contributed by atoms with Crippen LogP contribution in [0, 0.1) is 5.92 Å². The summed E-state index contributed by atoms with van der Waals surface area (Å²) in [5.74, 6) is 0.692. The first kappa shape index (κ1) is 16.2. The smallest absolute Gasteiger partial charge is 0.0939 e. The van der Waals surface area contributed by atoms with Gasteiger partial charge in [0.25, 0.3) is 0 Å². The molecule has 4 heteroatoms. The van der Waals surface area contributed by atoms with Gasteiger partial charge in [0.2, 0.25) is 0 Å². The van der Waals surface area contributed by atoms with Crippen molar-refractivity contribution in [3.8, 4) is 0 Å². The van der Waals surface area contributed by atoms with Gasteiger partial charge in [-0.1, -0.05) is 6.92 Å². The van der Waals surface area contributed by atoms with Gasteiger partial charge < -0.3 is 19.5 Å². The summed E-state index contributed by atoms with van der Waals surface area (Å²) in [6, 6.07) is 0.558. The molecule has 0 amide bonds. The van der Waals surface area contributed by atoms with E-state index in [2.05, 4.69) is 19.2 Å². The molecule has 2 aliphatic heterocycles. The van der Waals surface area contributed by atoms with E-state index < -0.39 is 0 Å². The van der Waals surface area contributed by atoms with Crippen LogP contribution in [-0.4, -0.2) is 51.2 Å². The van der Waals surface area contributed by atoms with Crippen molar-refractivity contribution in [3.05, 3.63) is 0 Å². The quantitative estimate of drug-likeness (QED) is 0.695. The Kier molecular flexibility index (Phi) is 6.75. The van der Waals surface area contributed by atoms with Crippen LogP contribution >= 0.6 is 0 Å². The van der Waals surface area contributed by atoms with Crippen molar-refractivity contribution in [2.45, 2.75) is 57.6 Å². The lowest BCUT2D eigenvalue weighted by Crippen LogP contribution is -2.47. The number of rotatable bonds is 8. The van der Waals surface area contributed by atoms with E-state index in [1.165, 1.54) is 6.42 Å². The third-order valence-corrected chi connectivity index (χ3v) is 4.60. The van der Waals surface area contributed by atoms with Crippen LogP contribution < -0.4 is 5.32 Å². The summed E-state index contributed by atoms with van der Waals surface area (Å²) in [4.78, 5) is 0. The van der Waals surface area contributed by atoms with Gasteiger partial charge in [-0.05, 0) is 45.1 Å². The van der Waals surface area contributed by atoms with Gasteiger partial charge in [-0.25, -0.2) is 0 Å². The normalized spacial score (nSPS) is 31.8. The fourth-order valence-electron chi connectivity index (χ4n) is 3.46. The average Bonchev–Trinajstić information content (AvgIpc) is 2.90. The first-order valence-electron chi connectivity index (χ1n) is 8.32. The van der Waals surface area contributed by atoms with Gasteiger partial charge in [0.1, 0.15) is 0 Å². The zero-order chi connectivity index (χ0) is 14.3. The van der Waals surface area contributed by atoms with E-state index in [4.69, 9.17) is 14.2 Å². The Hall–Kier alpha value is -0.160. The van der Waals surface area contributed by atoms with Gasteiger partial charge in [-0.15, -0.1) is 0 Å². The summed E-state index contributed by atoms with van der Waals surface area (Å²) >= 11 is 0. The van der Waals surface area contributed by atoms with Crippen molar-refractivity contribution < 1.29 is 14.2 Å². The highest BCUT2D eigenvalue weighted by atomic mass is 16.6. The summed E-state index contributed by atoms with van der Waals surface area (Å²) in [5.41, 5.74) is 0.0146. The SMILES string of the molecule is CCCNC(CCOCC)C1CCOC2(CCOC2)C1. The molecule has 4 nitrogen and oxygen atoms in total. The molecule has 0 aromatic rings. The number of hydrogen-bond donors (Lipinski definition) is 1. The predicted octanol–water partition coefficient (Wildman–Crippen LogP) is 2.37. The molecule has 0 radical (unpaired) electrons. The van der Waals surface area contributed by atoms with Crippen molar-refractivity contribution in [1.29, 1.82) is 0 Å². The largest absolute Gasteiger partial charge is 0.382 e. The van der Waals surface area contributed by atoms with Crippen LogP contribution in [0.5, 0.6) is 0 Å². The maximum Gasteiger partial charge on any atom is 0.0939 e. The second-order valence-electron chi connectivity index (χ2n) is 6.13. The summed E-state index contributed by atoms with van der Waals surface area (Å²) in [6.45, 7) is 9.58. The van der Waals surface area contributed by atoms with E-state index in [9.17, 15) is 0 Å². The topological polar surface area (TPSA) is 39.7 Å². The molecule has 2 aliphatic rings. The first-order chi connectivity index (χ1) is 9.79. The summed E-state index contributed by atoms with van der Waals surface area (Å²) < 4.78 is 17.2. The Bertz CT molecular complexity index is 266. The minimum atomic E-state index is 0.0146. The molecular weight excluding hydrogens is 254 g/mol. The molecule has 0 aromatic heterocycles. The number of ether oxygens (including phenoxy) is 3. The first-order valence-corrected chi connectivity index (χ1v) is 8.32. The number of nitrogens with one attached hydrogen (secondary N) is 1. The monoisotopic (exact) mass is 285 g/mol. The molecule has 2 rings (SSSR count). The molecule has 20 heavy (non-hydrogen) atoms. The molecule has 2 heterocycles. The Morgan fingerprint density at radius 2 is 2.25 bits per heavy atom. The third kappa shape index (κ3) is 4.42. The van der Waals surface area contributed by atoms with E-state index in [0.717, 1.165) is 65.3 Å². The average molecular weight is 285 g/mol. The highest BCUT2D eigenvalue weighted by molar-refractivity contribution is 4.93. The van der Waals surface area contributed by atoms with E-state index >= 15 is 0 Å². The van der Waals surface area contributed by atoms with Gasteiger partial charge in [0, 0.05) is 38.9 Å². The minimum absolute atomic E-state index is 0.0146. The lowest BCUT2D eigenvalue weighted by Gasteiger charge is -2.40. The maximum absolute atomic E-state index is 6.05. The van der Waals surface area contributed by atoms with Gasteiger partial charge in [-0.2, -0.15) is 0 Å². The van der Waals surface area contributed by atoms with Crippen molar-refractivity contribution in [2.75, 3.05) is 39.6 Å². The Morgan fingerprint density at radius 3 is 2.95 bits per heavy atom. The van der Waals surface area contributed by atoms with Crippen LogP contribution in [0.25, 0.3) is 0 Å². The molecule has 1 spiro atoms. The van der Waals surface area contributed by atoms with E-state index in [-0.39, 0.29) is 5.60 Å². The van der Waals surface area contributed by atoms with Crippen molar-refractivity contribution in [1.82, 2.24) is 5.32 Å². The molecule has 3 unspecified atom stereocenters. The van der Waals surface area contributed by atoms with Crippen LogP contribution in [0.4, 0.5) is 0 Å². The molecule has 0 bridgehead atoms. The van der Waals surface area contributed by atoms with Crippen LogP contribution in [0.3, 0.4) is 0 Å². The highest BCUT2D eigenvalue weighted by Crippen LogP contribution is 2.37. The van der Waals surface area contributed by atoms with Gasteiger partial charge >= 0.3 is 0 Å². The van der Waals surface area contributed by atoms with Crippen molar-refractivity contribution in [3.63, 3.8) is 0 Å². The molecule has 1 N–H and O–H groups in total. The Balaban J connectivity index is 1.88. The minimum Gasteiger partial charge on any atom is -0.382 e. The van der Waals surface area contributed by atoms with Crippen LogP contribution in [0.15, 0.2) is 0 Å². The molecule has 2 saturated heterocycles. The van der Waals surface area contributed by atoms with E-state index in [0.29, 0.717) is 12.0 Å². The second kappa shape index (κ2) is 8.32. The van der Waals surface area contributed by atoms with Crippen LogP contribution in [0.2, 0.25) is 0 Å². The predicted molar refractivity (Wildman–Crippen MR) is 80.0 cm³/mol. The van der Waals surface area contributed by atoms with Crippen LogP contribution in [0.1, 0.15) is 46.0 Å². The standard InChI is InChI=1S/C16H31NO3/c1-3-8-17-15(6-9-18-4-2)14-5-10-20-16(12-14)7-11-19-13-16/h14-15,17H,3-13H2,1-2H3. The highest BCUT2D eigenvalue weighted by Gasteiger charge is 2.42. The molecule has 118 valence electrons. The lowest BCUT2D eigenvalue weighted by molar-refractivity contribution is -0.104. The third-order valence-electron chi connectivity index (χ3n) is 4.60. The van der Waals surface area contributed by atoms with E-state index in [1.54, 1.807) is 0 Å². The Labute approximate surface area is 123 Å². The maximum atomic E-state index is 6.05. The van der Waals surface area contributed by atoms with Crippen molar-refractivity contribution >= 4 is 0 Å². The molecule has 0 aliphatic carbocycles. The number of hydrogen-bond acceptors (Lipinski definition) is 4. The molecule has 0 saturated carbocycles. The summed E-state index contributed by atoms with van der Waals surface area (Å²) in [7, 11) is 0. The summed E-state index contributed by atoms with van der Waals surface area (Å²) in [5, 5.41) is 3.73. The fourth-order valence-corrected chi connectivity index (χ4v) is 3.46. The van der Waals surface area contributed by atoms with Gasteiger partial charge in [-0.3, -0.25) is 0 Å². The van der Waals surface area contributed by atoms with Crippen molar-refractivity contribution in [2.24, 2.45) is 5.92 Å². The molecular formula is C16H31NO3. The zero-order valence-electron chi connectivity index (χ0n) is 13.2. The second-order valence-corrected chi connectivity index (χ2v) is 6.13. The Morgan fingerprint density at radius 1 is 1.35 bits per heavy atom. The van der Waals surface area contributed by atoms with E-state index in [1.807, 2.05) is 0 Å². The zero-order valence-corrected chi connectivity index (χ0v) is 13.2. The molecule has 0 aromatic carbocycles. The molecule has 3 atom stereocenters. The van der Waals surface area contributed by atoms with Gasteiger partial charge in [0.15, 0.2) is 0 Å². The fraction of sp³-hybridized carbons (Fsp3) is 1.00. The molecule has 2 fully saturated rings. The van der Waals surface area contributed by atoms with Gasteiger partial charge in [0.05, 0.1) is 12.2 Å².